The molecule has 1 unspecified atom stereocenters. The summed E-state index contributed by atoms with van der Waals surface area (Å²) < 4.78 is 0. The molecule has 0 fully saturated rings. The summed E-state index contributed by atoms with van der Waals surface area (Å²) >= 11 is 0. The van der Waals surface area contributed by atoms with Crippen molar-refractivity contribution in [2.24, 2.45) is 0 Å². The summed E-state index contributed by atoms with van der Waals surface area (Å²) in [5.41, 5.74) is 18.8. The first-order valence-electron chi connectivity index (χ1n) is 20.5. The molecule has 0 spiro atoms. The van der Waals surface area contributed by atoms with Crippen molar-refractivity contribution >= 4 is 44.7 Å². The molecule has 1 nitrogen and oxygen atoms in total. The minimum atomic E-state index is 0.281. The first kappa shape index (κ1) is 37.4. The lowest BCUT2D eigenvalue weighted by molar-refractivity contribution is 0.794. The van der Waals surface area contributed by atoms with Gasteiger partial charge in [0.2, 0.25) is 0 Å². The van der Waals surface area contributed by atoms with Crippen LogP contribution in [0.5, 0.6) is 0 Å². The maximum atomic E-state index is 4.20. The van der Waals surface area contributed by atoms with Crippen LogP contribution in [0, 0.1) is 13.8 Å². The Hall–Kier alpha value is -7.22. The average Bonchev–Trinajstić information content (AvgIpc) is 3.30. The maximum Gasteiger partial charge on any atom is 0.0468 e. The van der Waals surface area contributed by atoms with Gasteiger partial charge in [-0.3, -0.25) is 0 Å². The van der Waals surface area contributed by atoms with Crippen molar-refractivity contribution in [2.45, 2.75) is 26.2 Å². The summed E-state index contributed by atoms with van der Waals surface area (Å²) in [6, 6.07) is 69.5. The number of hydrogen-bond acceptors (Lipinski definition) is 1. The van der Waals surface area contributed by atoms with Crippen LogP contribution >= 0.6 is 0 Å². The normalized spacial score (nSPS) is 12.9. The van der Waals surface area contributed by atoms with Gasteiger partial charge in [0.25, 0.3) is 0 Å². The summed E-state index contributed by atoms with van der Waals surface area (Å²) in [5.74, 6) is 0.281. The molecule has 0 radical (unpaired) electrons. The highest BCUT2D eigenvalue weighted by Gasteiger charge is 2.27. The molecule has 284 valence electrons. The van der Waals surface area contributed by atoms with E-state index in [1.165, 1.54) is 88.3 Å². The van der Waals surface area contributed by atoms with Gasteiger partial charge in [0.05, 0.1) is 0 Å². The van der Waals surface area contributed by atoms with Crippen LogP contribution in [0.2, 0.25) is 0 Å². The van der Waals surface area contributed by atoms with Crippen molar-refractivity contribution < 1.29 is 0 Å². The minimum Gasteiger partial charge on any atom is -0.310 e. The highest BCUT2D eigenvalue weighted by atomic mass is 15.1. The van der Waals surface area contributed by atoms with E-state index in [1.807, 2.05) is 6.08 Å². The molecule has 0 aliphatic heterocycles. The van der Waals surface area contributed by atoms with E-state index in [2.05, 4.69) is 227 Å². The van der Waals surface area contributed by atoms with Crippen molar-refractivity contribution in [3.63, 3.8) is 0 Å². The molecule has 0 saturated heterocycles. The quantitative estimate of drug-likeness (QED) is 0.116. The third kappa shape index (κ3) is 6.85. The topological polar surface area (TPSA) is 3.24 Å². The van der Waals surface area contributed by atoms with Crippen LogP contribution in [0.3, 0.4) is 0 Å². The number of fused-ring (bicyclic) bond motifs is 6. The second-order valence-electron chi connectivity index (χ2n) is 15.4. The maximum absolute atomic E-state index is 4.20. The highest BCUT2D eigenvalue weighted by molar-refractivity contribution is 6.13. The molecule has 0 amide bonds. The fourth-order valence-corrected chi connectivity index (χ4v) is 9.23. The molecule has 1 heteroatoms. The number of hydrogen-bond donors (Lipinski definition) is 0. The van der Waals surface area contributed by atoms with Crippen molar-refractivity contribution in [3.05, 3.63) is 241 Å². The highest BCUT2D eigenvalue weighted by Crippen LogP contribution is 2.46. The zero-order chi connectivity index (χ0) is 40.5. The first-order valence-corrected chi connectivity index (χ1v) is 20.5. The second kappa shape index (κ2) is 16.0. The molecule has 0 N–H and O–H groups in total. The fourth-order valence-electron chi connectivity index (χ4n) is 9.23. The molecule has 0 saturated carbocycles. The third-order valence-electron chi connectivity index (χ3n) is 12.1. The van der Waals surface area contributed by atoms with E-state index in [4.69, 9.17) is 0 Å². The number of nitrogens with zero attached hydrogens (tertiary/aromatic N) is 1. The first-order chi connectivity index (χ1) is 29.0. The van der Waals surface area contributed by atoms with Crippen LogP contribution in [0.1, 0.15) is 39.3 Å². The predicted octanol–water partition coefficient (Wildman–Crippen LogP) is 16.2. The number of benzene rings is 9. The van der Waals surface area contributed by atoms with Crippen LogP contribution in [0.25, 0.3) is 61.0 Å². The van der Waals surface area contributed by atoms with E-state index in [1.54, 1.807) is 0 Å². The lowest BCUT2D eigenvalue weighted by atomic mass is 9.74. The Morgan fingerprint density at radius 2 is 1.12 bits per heavy atom. The average molecular weight is 758 g/mol. The zero-order valence-corrected chi connectivity index (χ0v) is 33.8. The summed E-state index contributed by atoms with van der Waals surface area (Å²) in [6.45, 7) is 14.6. The van der Waals surface area contributed by atoms with Gasteiger partial charge in [0.1, 0.15) is 0 Å². The van der Waals surface area contributed by atoms with Crippen molar-refractivity contribution in [1.82, 2.24) is 0 Å². The van der Waals surface area contributed by atoms with Gasteiger partial charge >= 0.3 is 0 Å². The summed E-state index contributed by atoms with van der Waals surface area (Å²) in [4.78, 5) is 2.38. The SMILES string of the molecule is C=C.C=Cc1c(C)c2ccccc2c2cc(N(c3ccc(-c4ccc5c(c4)-c4ccccc4CC5c4cccc(-c5ccccc5)c4)cc3)c3cccc(C)c3)ccc12. The van der Waals surface area contributed by atoms with Gasteiger partial charge in [-0.1, -0.05) is 158 Å². The summed E-state index contributed by atoms with van der Waals surface area (Å²) in [6.07, 6.45) is 2.99. The molecule has 59 heavy (non-hydrogen) atoms. The molecule has 0 aromatic heterocycles. The van der Waals surface area contributed by atoms with E-state index >= 15 is 0 Å². The third-order valence-corrected chi connectivity index (χ3v) is 12.1. The van der Waals surface area contributed by atoms with Gasteiger partial charge in [-0.05, 0) is 151 Å². The van der Waals surface area contributed by atoms with Crippen LogP contribution < -0.4 is 4.90 Å². The molecular formula is C58H47N. The van der Waals surface area contributed by atoms with Gasteiger partial charge < -0.3 is 4.90 Å². The van der Waals surface area contributed by atoms with Gasteiger partial charge in [-0.15, -0.1) is 13.2 Å². The Bertz CT molecular complexity index is 2990. The lowest BCUT2D eigenvalue weighted by Gasteiger charge is -2.29. The van der Waals surface area contributed by atoms with Crippen molar-refractivity contribution in [3.8, 4) is 33.4 Å². The van der Waals surface area contributed by atoms with Gasteiger partial charge in [0.15, 0.2) is 0 Å². The molecule has 1 aliphatic carbocycles. The molecule has 1 atom stereocenters. The van der Waals surface area contributed by atoms with Crippen LogP contribution in [0.15, 0.2) is 208 Å². The number of anilines is 3. The summed E-state index contributed by atoms with van der Waals surface area (Å²) in [5, 5.41) is 4.99. The minimum absolute atomic E-state index is 0.281. The van der Waals surface area contributed by atoms with Gasteiger partial charge in [-0.25, -0.2) is 0 Å². The molecule has 9 aromatic rings. The molecule has 9 aromatic carbocycles. The smallest absolute Gasteiger partial charge is 0.0468 e. The standard InChI is InChI=1S/C56H43N.C2H4/c1-4-48-38(3)49-21-10-11-23-51(49)56-36-47(29-31-52(48)56)57(46-20-12-14-37(2)32-46)45-27-24-40(25-28-45)42-26-30-53-54(35-44-17-8-9-22-50(44)55(53)34-42)43-19-13-18-41(33-43)39-15-6-5-7-16-39;1-2/h4-34,36,54H,1,35H2,2-3H3;1-2H2. The Labute approximate surface area is 348 Å². The molecule has 1 aliphatic rings. The van der Waals surface area contributed by atoms with E-state index < -0.39 is 0 Å². The van der Waals surface area contributed by atoms with Crippen LogP contribution in [-0.2, 0) is 6.42 Å². The van der Waals surface area contributed by atoms with Crippen LogP contribution in [0.4, 0.5) is 17.1 Å². The van der Waals surface area contributed by atoms with Crippen molar-refractivity contribution in [1.29, 1.82) is 0 Å². The molecule has 0 bridgehead atoms. The van der Waals surface area contributed by atoms with E-state index in [0.717, 1.165) is 23.5 Å². The van der Waals surface area contributed by atoms with Crippen molar-refractivity contribution in [2.75, 3.05) is 4.90 Å². The molecule has 10 rings (SSSR count). The Morgan fingerprint density at radius 3 is 1.92 bits per heavy atom. The molecule has 0 heterocycles. The van der Waals surface area contributed by atoms with Crippen LogP contribution in [-0.4, -0.2) is 0 Å². The van der Waals surface area contributed by atoms with E-state index in [9.17, 15) is 0 Å². The van der Waals surface area contributed by atoms with E-state index in [0.29, 0.717) is 0 Å². The number of rotatable bonds is 7. The zero-order valence-electron chi connectivity index (χ0n) is 33.8. The summed E-state index contributed by atoms with van der Waals surface area (Å²) in [7, 11) is 0. The van der Waals surface area contributed by atoms with Gasteiger partial charge in [-0.2, -0.15) is 0 Å². The predicted molar refractivity (Wildman–Crippen MR) is 255 cm³/mol. The lowest BCUT2D eigenvalue weighted by Crippen LogP contribution is -2.13. The molecular weight excluding hydrogens is 711 g/mol. The Kier molecular flexibility index (Phi) is 10.1. The Morgan fingerprint density at radius 1 is 0.475 bits per heavy atom. The number of aryl methyl sites for hydroxylation is 2. The van der Waals surface area contributed by atoms with Gasteiger partial charge in [0, 0.05) is 23.0 Å². The Balaban J connectivity index is 0.00000221. The largest absolute Gasteiger partial charge is 0.310 e. The second-order valence-corrected chi connectivity index (χ2v) is 15.4. The fraction of sp³-hybridized carbons (Fsp3) is 0.0690. The monoisotopic (exact) mass is 757 g/mol. The van der Waals surface area contributed by atoms with E-state index in [-0.39, 0.29) is 5.92 Å².